The van der Waals surface area contributed by atoms with Gasteiger partial charge in [0.05, 0.1) is 5.75 Å². The summed E-state index contributed by atoms with van der Waals surface area (Å²) in [6, 6.07) is 0. The van der Waals surface area contributed by atoms with Gasteiger partial charge in [-0.15, -0.1) is 0 Å². The van der Waals surface area contributed by atoms with Gasteiger partial charge in [-0.05, 0) is 24.7 Å². The first-order valence-corrected chi connectivity index (χ1v) is 6.15. The lowest BCUT2D eigenvalue weighted by atomic mass is 10.4. The molecular weight excluding hydrogens is 208 g/mol. The Morgan fingerprint density at radius 1 is 1.43 bits per heavy atom. The van der Waals surface area contributed by atoms with Gasteiger partial charge in [0.1, 0.15) is 0 Å². The van der Waals surface area contributed by atoms with E-state index in [-0.39, 0.29) is 5.75 Å². The molecule has 0 saturated carbocycles. The van der Waals surface area contributed by atoms with Crippen LogP contribution in [0.2, 0.25) is 0 Å². The van der Waals surface area contributed by atoms with Crippen LogP contribution in [0.1, 0.15) is 19.8 Å². The van der Waals surface area contributed by atoms with Crippen molar-refractivity contribution in [1.82, 2.24) is 9.79 Å². The van der Waals surface area contributed by atoms with Gasteiger partial charge >= 0.3 is 6.09 Å². The number of likely N-dealkylation sites (tertiary alicyclic amines) is 1. The zero-order valence-corrected chi connectivity index (χ0v) is 8.84. The highest BCUT2D eigenvalue weighted by Gasteiger charge is 2.20. The topological polar surface area (TPSA) is 75.7 Å². The Hall–Kier alpha value is -0.820. The van der Waals surface area contributed by atoms with Gasteiger partial charge in [-0.2, -0.15) is 0 Å². The highest BCUT2D eigenvalue weighted by atomic mass is 32.2. The molecular formula is C7H14N2O4S. The van der Waals surface area contributed by atoms with Gasteiger partial charge in [-0.1, -0.05) is 0 Å². The predicted molar refractivity (Wildman–Crippen MR) is 49.9 cm³/mol. The number of hydrogen-bond donors (Lipinski definition) is 1. The molecule has 1 rings (SSSR count). The Morgan fingerprint density at radius 2 is 2.00 bits per heavy atom. The van der Waals surface area contributed by atoms with Gasteiger partial charge in [-0.3, -0.25) is 0 Å². The summed E-state index contributed by atoms with van der Waals surface area (Å²) in [5.41, 5.74) is 0. The molecule has 0 aliphatic carbocycles. The second-order valence-corrected chi connectivity index (χ2v) is 5.02. The SMILES string of the molecule is CCS(=O)(=O)NOC(=O)N1CCCC1. The molecule has 1 amide bonds. The molecule has 6 nitrogen and oxygen atoms in total. The highest BCUT2D eigenvalue weighted by Crippen LogP contribution is 2.08. The van der Waals surface area contributed by atoms with E-state index < -0.39 is 16.1 Å². The first kappa shape index (κ1) is 11.3. The van der Waals surface area contributed by atoms with Gasteiger partial charge in [0.2, 0.25) is 10.0 Å². The maximum atomic E-state index is 11.2. The average Bonchev–Trinajstić information content (AvgIpc) is 2.67. The Labute approximate surface area is 83.2 Å². The average molecular weight is 222 g/mol. The number of sulfonamides is 1. The largest absolute Gasteiger partial charge is 0.429 e. The maximum Gasteiger partial charge on any atom is 0.429 e. The second-order valence-electron chi connectivity index (χ2n) is 3.05. The van der Waals surface area contributed by atoms with Crippen LogP contribution in [-0.2, 0) is 14.9 Å². The third-order valence-corrected chi connectivity index (χ3v) is 3.10. The molecule has 0 unspecified atom stereocenters. The van der Waals surface area contributed by atoms with Crippen LogP contribution in [0, 0.1) is 0 Å². The number of nitrogens with one attached hydrogen (secondary N) is 1. The summed E-state index contributed by atoms with van der Waals surface area (Å²) in [7, 11) is -3.46. The molecule has 1 saturated heterocycles. The number of carbonyl (C=O) groups is 1. The molecule has 0 aromatic carbocycles. The van der Waals surface area contributed by atoms with E-state index in [9.17, 15) is 13.2 Å². The minimum Gasteiger partial charge on any atom is -0.338 e. The Kier molecular flexibility index (Phi) is 3.70. The fourth-order valence-corrected chi connectivity index (χ4v) is 1.44. The molecule has 0 atom stereocenters. The van der Waals surface area contributed by atoms with E-state index in [0.717, 1.165) is 12.8 Å². The molecule has 1 aliphatic rings. The zero-order valence-electron chi connectivity index (χ0n) is 8.02. The van der Waals surface area contributed by atoms with E-state index in [4.69, 9.17) is 0 Å². The zero-order chi connectivity index (χ0) is 10.6. The van der Waals surface area contributed by atoms with Crippen LogP contribution in [0.5, 0.6) is 0 Å². The van der Waals surface area contributed by atoms with E-state index in [1.165, 1.54) is 11.8 Å². The van der Waals surface area contributed by atoms with Crippen molar-refractivity contribution in [2.75, 3.05) is 18.8 Å². The van der Waals surface area contributed by atoms with Crippen LogP contribution < -0.4 is 4.89 Å². The fraction of sp³-hybridized carbons (Fsp3) is 0.857. The smallest absolute Gasteiger partial charge is 0.338 e. The minimum atomic E-state index is -3.46. The van der Waals surface area contributed by atoms with Gasteiger partial charge < -0.3 is 9.74 Å². The number of nitrogens with zero attached hydrogens (tertiary/aromatic N) is 1. The van der Waals surface area contributed by atoms with Gasteiger partial charge in [0.15, 0.2) is 0 Å². The van der Waals surface area contributed by atoms with Crippen LogP contribution in [0.15, 0.2) is 0 Å². The molecule has 14 heavy (non-hydrogen) atoms. The number of hydrogen-bond acceptors (Lipinski definition) is 4. The van der Waals surface area contributed by atoms with Crippen molar-refractivity contribution in [2.45, 2.75) is 19.8 Å². The number of carbonyl (C=O) groups excluding carboxylic acids is 1. The maximum absolute atomic E-state index is 11.2. The molecule has 82 valence electrons. The summed E-state index contributed by atoms with van der Waals surface area (Å²) < 4.78 is 21.8. The van der Waals surface area contributed by atoms with Crippen molar-refractivity contribution in [3.63, 3.8) is 0 Å². The monoisotopic (exact) mass is 222 g/mol. The molecule has 0 bridgehead atoms. The summed E-state index contributed by atoms with van der Waals surface area (Å²) >= 11 is 0. The molecule has 1 N–H and O–H groups in total. The molecule has 0 radical (unpaired) electrons. The van der Waals surface area contributed by atoms with Crippen LogP contribution >= 0.6 is 0 Å². The van der Waals surface area contributed by atoms with E-state index in [1.54, 1.807) is 4.89 Å². The van der Waals surface area contributed by atoms with Crippen molar-refractivity contribution in [2.24, 2.45) is 0 Å². The Bertz CT molecular complexity index is 295. The fourth-order valence-electron chi connectivity index (χ4n) is 1.12. The molecule has 1 fully saturated rings. The van der Waals surface area contributed by atoms with Crippen LogP contribution in [0.4, 0.5) is 4.79 Å². The molecule has 1 aliphatic heterocycles. The Balaban J connectivity index is 2.34. The molecule has 0 aromatic rings. The van der Waals surface area contributed by atoms with Crippen molar-refractivity contribution < 1.29 is 18.0 Å². The van der Waals surface area contributed by atoms with E-state index >= 15 is 0 Å². The Morgan fingerprint density at radius 3 is 2.50 bits per heavy atom. The van der Waals surface area contributed by atoms with Gasteiger partial charge in [0.25, 0.3) is 0 Å². The van der Waals surface area contributed by atoms with Gasteiger partial charge in [-0.25, -0.2) is 13.2 Å². The van der Waals surface area contributed by atoms with E-state index in [1.807, 2.05) is 0 Å². The number of amides is 1. The van der Waals surface area contributed by atoms with Gasteiger partial charge in [0, 0.05) is 13.1 Å². The third kappa shape index (κ3) is 3.15. The van der Waals surface area contributed by atoms with E-state index in [0.29, 0.717) is 13.1 Å². The standard InChI is InChI=1S/C7H14N2O4S/c1-2-14(11,12)8-13-7(10)9-5-3-4-6-9/h8H,2-6H2,1H3. The normalized spacial score (nSPS) is 17.1. The summed E-state index contributed by atoms with van der Waals surface area (Å²) in [4.78, 5) is 18.9. The number of rotatable bonds is 3. The quantitative estimate of drug-likeness (QED) is 0.686. The lowest BCUT2D eigenvalue weighted by Crippen LogP contribution is -2.36. The first-order valence-electron chi connectivity index (χ1n) is 4.50. The van der Waals surface area contributed by atoms with Crippen molar-refractivity contribution >= 4 is 16.1 Å². The van der Waals surface area contributed by atoms with Crippen molar-refractivity contribution in [1.29, 1.82) is 0 Å². The summed E-state index contributed by atoms with van der Waals surface area (Å²) in [5.74, 6) is -0.111. The summed E-state index contributed by atoms with van der Waals surface area (Å²) in [6.07, 6.45) is 1.25. The first-order chi connectivity index (χ1) is 6.55. The van der Waals surface area contributed by atoms with Crippen molar-refractivity contribution in [3.8, 4) is 0 Å². The predicted octanol–water partition coefficient (Wildman–Crippen LogP) is 0.0731. The van der Waals surface area contributed by atoms with Crippen LogP contribution in [-0.4, -0.2) is 38.3 Å². The van der Waals surface area contributed by atoms with Crippen LogP contribution in [0.3, 0.4) is 0 Å². The summed E-state index contributed by atoms with van der Waals surface area (Å²) in [5, 5.41) is 0. The minimum absolute atomic E-state index is 0.111. The molecule has 0 spiro atoms. The lowest BCUT2D eigenvalue weighted by Gasteiger charge is -2.14. The second kappa shape index (κ2) is 4.61. The van der Waals surface area contributed by atoms with Crippen molar-refractivity contribution in [3.05, 3.63) is 0 Å². The van der Waals surface area contributed by atoms with Crippen LogP contribution in [0.25, 0.3) is 0 Å². The molecule has 1 heterocycles. The lowest BCUT2D eigenvalue weighted by molar-refractivity contribution is 0.0910. The molecule has 7 heteroatoms. The third-order valence-electron chi connectivity index (χ3n) is 2.00. The highest BCUT2D eigenvalue weighted by molar-refractivity contribution is 7.89. The molecule has 0 aromatic heterocycles. The summed E-state index contributed by atoms with van der Waals surface area (Å²) in [6.45, 7) is 2.73. The van der Waals surface area contributed by atoms with E-state index in [2.05, 4.69) is 4.84 Å².